The number of nitrogens with one attached hydrogen (secondary N) is 1. The lowest BCUT2D eigenvalue weighted by atomic mass is 9.98. The second-order valence-electron chi connectivity index (χ2n) is 7.11. The molecule has 0 unspecified atom stereocenters. The highest BCUT2D eigenvalue weighted by Crippen LogP contribution is 2.41. The highest BCUT2D eigenvalue weighted by Gasteiger charge is 2.43. The van der Waals surface area contributed by atoms with Crippen molar-refractivity contribution in [3.8, 4) is 5.75 Å². The maximum absolute atomic E-state index is 12.4. The molecule has 0 radical (unpaired) electrons. The van der Waals surface area contributed by atoms with Gasteiger partial charge in [-0.3, -0.25) is 14.5 Å². The second kappa shape index (κ2) is 7.87. The topological polar surface area (TPSA) is 78.9 Å². The van der Waals surface area contributed by atoms with Crippen LogP contribution in [0.2, 0.25) is 0 Å². The molecule has 2 N–H and O–H groups in total. The summed E-state index contributed by atoms with van der Waals surface area (Å²) >= 11 is 0. The van der Waals surface area contributed by atoms with Crippen LogP contribution in [0.1, 0.15) is 24.8 Å². The lowest BCUT2D eigenvalue weighted by molar-refractivity contribution is -0.138. The van der Waals surface area contributed by atoms with Crippen LogP contribution in [-0.2, 0) is 16.0 Å². The number of hydrogen-bond acceptors (Lipinski definition) is 4. The number of nitrogens with zero attached hydrogens (tertiary/aromatic N) is 1. The van der Waals surface area contributed by atoms with E-state index in [2.05, 4.69) is 5.32 Å². The van der Waals surface area contributed by atoms with Crippen molar-refractivity contribution in [3.05, 3.63) is 29.8 Å². The molecule has 1 aliphatic carbocycles. The molecular weight excluding hydrogens is 320 g/mol. The van der Waals surface area contributed by atoms with E-state index >= 15 is 0 Å². The van der Waals surface area contributed by atoms with Gasteiger partial charge in [0, 0.05) is 25.6 Å². The van der Waals surface area contributed by atoms with Crippen LogP contribution in [0, 0.1) is 11.8 Å². The zero-order valence-corrected chi connectivity index (χ0v) is 14.6. The number of ether oxygens (including phenoxy) is 1. The number of hydrogen-bond donors (Lipinski definition) is 2. The number of carboxylic acids is 1. The number of carboxylic acid groups (broad SMARTS) is 1. The van der Waals surface area contributed by atoms with E-state index in [4.69, 9.17) is 9.84 Å². The van der Waals surface area contributed by atoms with E-state index < -0.39 is 5.97 Å². The van der Waals surface area contributed by atoms with E-state index in [1.54, 1.807) is 7.11 Å². The molecule has 3 rings (SSSR count). The van der Waals surface area contributed by atoms with Crippen molar-refractivity contribution >= 4 is 11.9 Å². The van der Waals surface area contributed by atoms with Gasteiger partial charge in [-0.25, -0.2) is 0 Å². The van der Waals surface area contributed by atoms with Gasteiger partial charge in [0.15, 0.2) is 0 Å². The van der Waals surface area contributed by atoms with Gasteiger partial charge >= 0.3 is 5.97 Å². The Morgan fingerprint density at radius 1 is 1.32 bits per heavy atom. The zero-order chi connectivity index (χ0) is 17.8. The van der Waals surface area contributed by atoms with Gasteiger partial charge in [-0.2, -0.15) is 0 Å². The van der Waals surface area contributed by atoms with Gasteiger partial charge in [-0.05, 0) is 48.8 Å². The first kappa shape index (κ1) is 17.7. The average molecular weight is 346 g/mol. The lowest BCUT2D eigenvalue weighted by Crippen LogP contribution is -2.41. The van der Waals surface area contributed by atoms with Crippen LogP contribution in [0.25, 0.3) is 0 Å². The fourth-order valence-corrected chi connectivity index (χ4v) is 3.75. The Labute approximate surface area is 148 Å². The Hall–Kier alpha value is -2.08. The molecule has 0 spiro atoms. The Balaban J connectivity index is 1.51. The van der Waals surface area contributed by atoms with Crippen LogP contribution in [0.5, 0.6) is 5.75 Å². The van der Waals surface area contributed by atoms with Crippen molar-refractivity contribution in [2.45, 2.75) is 31.7 Å². The minimum atomic E-state index is -0.806. The van der Waals surface area contributed by atoms with Gasteiger partial charge in [0.05, 0.1) is 13.7 Å². The lowest BCUT2D eigenvalue weighted by Gasteiger charge is -2.19. The summed E-state index contributed by atoms with van der Waals surface area (Å²) in [5.74, 6) is 1.06. The van der Waals surface area contributed by atoms with Gasteiger partial charge in [0.1, 0.15) is 5.75 Å². The minimum Gasteiger partial charge on any atom is -0.497 e. The summed E-state index contributed by atoms with van der Waals surface area (Å²) in [5, 5.41) is 12.1. The molecule has 1 aromatic rings. The van der Waals surface area contributed by atoms with Crippen LogP contribution in [0.15, 0.2) is 24.3 Å². The molecule has 1 saturated heterocycles. The highest BCUT2D eigenvalue weighted by molar-refractivity contribution is 5.76. The Morgan fingerprint density at radius 3 is 2.80 bits per heavy atom. The number of benzene rings is 1. The van der Waals surface area contributed by atoms with Crippen LogP contribution < -0.4 is 10.1 Å². The Morgan fingerprint density at radius 2 is 2.12 bits per heavy atom. The maximum atomic E-state index is 12.4. The SMILES string of the molecule is COc1cccc(CCC(=O)N[C@H]2CN(CC(=O)O)C[C@@H]2C2CC2)c1. The first-order valence-electron chi connectivity index (χ1n) is 8.91. The predicted octanol–water partition coefficient (Wildman–Crippen LogP) is 1.54. The van der Waals surface area contributed by atoms with Crippen molar-refractivity contribution in [2.75, 3.05) is 26.7 Å². The molecule has 1 aliphatic heterocycles. The van der Waals surface area contributed by atoms with E-state index in [1.165, 1.54) is 12.8 Å². The molecule has 0 bridgehead atoms. The number of methoxy groups -OCH3 is 1. The van der Waals surface area contributed by atoms with E-state index in [9.17, 15) is 9.59 Å². The molecule has 136 valence electrons. The van der Waals surface area contributed by atoms with Crippen LogP contribution in [-0.4, -0.2) is 54.7 Å². The summed E-state index contributed by atoms with van der Waals surface area (Å²) in [6, 6.07) is 7.83. The third-order valence-electron chi connectivity index (χ3n) is 5.15. The standard InChI is InChI=1S/C19H26N2O4/c1-25-15-4-2-3-13(9-15)5-8-18(22)20-17-11-21(12-19(23)24)10-16(17)14-6-7-14/h2-4,9,14,16-17H,5-8,10-12H2,1H3,(H,20,22)(H,23,24)/t16-,17+/m1/s1. The van der Waals surface area contributed by atoms with Gasteiger partial charge in [-0.15, -0.1) is 0 Å². The van der Waals surface area contributed by atoms with E-state index in [0.717, 1.165) is 17.9 Å². The number of carbonyl (C=O) groups excluding carboxylic acids is 1. The largest absolute Gasteiger partial charge is 0.497 e. The Kier molecular flexibility index (Phi) is 5.58. The van der Waals surface area contributed by atoms with Crippen LogP contribution in [0.4, 0.5) is 0 Å². The number of carbonyl (C=O) groups is 2. The summed E-state index contributed by atoms with van der Waals surface area (Å²) in [5.41, 5.74) is 1.08. The first-order valence-corrected chi connectivity index (χ1v) is 8.91. The predicted molar refractivity (Wildman–Crippen MR) is 93.5 cm³/mol. The fraction of sp³-hybridized carbons (Fsp3) is 0.579. The smallest absolute Gasteiger partial charge is 0.317 e. The number of aliphatic carboxylic acids is 1. The number of aryl methyl sites for hydroxylation is 1. The van der Waals surface area contributed by atoms with Crippen molar-refractivity contribution in [2.24, 2.45) is 11.8 Å². The van der Waals surface area contributed by atoms with E-state index in [1.807, 2.05) is 29.2 Å². The summed E-state index contributed by atoms with van der Waals surface area (Å²) in [4.78, 5) is 25.3. The molecular formula is C19H26N2O4. The van der Waals surface area contributed by atoms with Crippen molar-refractivity contribution in [1.82, 2.24) is 10.2 Å². The molecule has 0 aromatic heterocycles. The first-order chi connectivity index (χ1) is 12.0. The third kappa shape index (κ3) is 4.95. The summed E-state index contributed by atoms with van der Waals surface area (Å²) < 4.78 is 5.21. The number of likely N-dealkylation sites (tertiary alicyclic amines) is 1. The zero-order valence-electron chi connectivity index (χ0n) is 14.6. The van der Waals surface area contributed by atoms with Crippen LogP contribution >= 0.6 is 0 Å². The molecule has 6 nitrogen and oxygen atoms in total. The van der Waals surface area contributed by atoms with E-state index in [-0.39, 0.29) is 18.5 Å². The quantitative estimate of drug-likeness (QED) is 0.746. The van der Waals surface area contributed by atoms with Crippen molar-refractivity contribution < 1.29 is 19.4 Å². The normalized spacial score (nSPS) is 23.4. The van der Waals surface area contributed by atoms with Crippen molar-refractivity contribution in [3.63, 3.8) is 0 Å². The molecule has 2 atom stereocenters. The summed E-state index contributed by atoms with van der Waals surface area (Å²) in [6.45, 7) is 1.47. The van der Waals surface area contributed by atoms with Gasteiger partial charge in [0.25, 0.3) is 0 Å². The minimum absolute atomic E-state index is 0.0376. The maximum Gasteiger partial charge on any atom is 0.317 e. The van der Waals surface area contributed by atoms with Gasteiger partial charge < -0.3 is 15.2 Å². The summed E-state index contributed by atoms with van der Waals surface area (Å²) in [6.07, 6.45) is 3.49. The number of amides is 1. The molecule has 1 aromatic carbocycles. The molecule has 25 heavy (non-hydrogen) atoms. The molecule has 1 saturated carbocycles. The molecule has 2 aliphatic rings. The van der Waals surface area contributed by atoms with Gasteiger partial charge in [0.2, 0.25) is 5.91 Å². The molecule has 2 fully saturated rings. The second-order valence-corrected chi connectivity index (χ2v) is 7.11. The van der Waals surface area contributed by atoms with Crippen LogP contribution in [0.3, 0.4) is 0 Å². The molecule has 6 heteroatoms. The molecule has 1 heterocycles. The fourth-order valence-electron chi connectivity index (χ4n) is 3.75. The van der Waals surface area contributed by atoms with Gasteiger partial charge in [-0.1, -0.05) is 12.1 Å². The Bertz CT molecular complexity index is 630. The van der Waals surface area contributed by atoms with Crippen molar-refractivity contribution in [1.29, 1.82) is 0 Å². The number of rotatable bonds is 8. The third-order valence-corrected chi connectivity index (χ3v) is 5.15. The average Bonchev–Trinajstić information content (AvgIpc) is 3.36. The molecule has 1 amide bonds. The monoisotopic (exact) mass is 346 g/mol. The summed E-state index contributed by atoms with van der Waals surface area (Å²) in [7, 11) is 1.63. The highest BCUT2D eigenvalue weighted by atomic mass is 16.5. The van der Waals surface area contributed by atoms with E-state index in [0.29, 0.717) is 31.2 Å².